The lowest BCUT2D eigenvalue weighted by atomic mass is 9.79. The minimum Gasteiger partial charge on any atom is -0.366 e. The molecule has 0 radical (unpaired) electrons. The molecule has 2 heterocycles. The number of carbonyl (C=O) groups is 2. The quantitative estimate of drug-likeness (QED) is 0.387. The second-order valence-corrected chi connectivity index (χ2v) is 9.84. The van der Waals surface area contributed by atoms with Gasteiger partial charge in [0.2, 0.25) is 0 Å². The monoisotopic (exact) mass is 461 g/mol. The Hall–Kier alpha value is -2.99. The van der Waals surface area contributed by atoms with Gasteiger partial charge in [-0.2, -0.15) is 0 Å². The van der Waals surface area contributed by atoms with Gasteiger partial charge in [-0.1, -0.05) is 32.0 Å². The van der Waals surface area contributed by atoms with Gasteiger partial charge in [-0.25, -0.2) is 0 Å². The van der Waals surface area contributed by atoms with Gasteiger partial charge in [0.05, 0.1) is 5.69 Å². The van der Waals surface area contributed by atoms with E-state index in [-0.39, 0.29) is 16.2 Å². The van der Waals surface area contributed by atoms with Gasteiger partial charge < -0.3 is 4.90 Å². The molecule has 0 aromatic heterocycles. The molecule has 0 aliphatic carbocycles. The van der Waals surface area contributed by atoms with Gasteiger partial charge in [-0.3, -0.25) is 19.8 Å². The lowest BCUT2D eigenvalue weighted by Gasteiger charge is -2.47. The van der Waals surface area contributed by atoms with Gasteiger partial charge >= 0.3 is 0 Å². The number of aryl methyl sites for hydroxylation is 1. The SMILES string of the molecule is CCc1ccc(N2C(=O)/C(=C/c3ccc4c(c3)[C@H](C)CC(C)(C)N4CC)C(=O)NC2=S)cc1. The van der Waals surface area contributed by atoms with Gasteiger partial charge in [0.25, 0.3) is 11.8 Å². The maximum absolute atomic E-state index is 13.3. The predicted octanol–water partition coefficient (Wildman–Crippen LogP) is 5.19. The number of fused-ring (bicyclic) bond motifs is 1. The Morgan fingerprint density at radius 2 is 1.82 bits per heavy atom. The number of benzene rings is 2. The summed E-state index contributed by atoms with van der Waals surface area (Å²) < 4.78 is 0. The minimum absolute atomic E-state index is 0.0826. The van der Waals surface area contributed by atoms with Crippen molar-refractivity contribution in [2.45, 2.75) is 58.9 Å². The molecule has 1 saturated heterocycles. The molecule has 2 aromatic carbocycles. The number of rotatable bonds is 4. The van der Waals surface area contributed by atoms with E-state index in [1.165, 1.54) is 21.7 Å². The summed E-state index contributed by atoms with van der Waals surface area (Å²) in [6.07, 6.45) is 3.63. The maximum atomic E-state index is 13.3. The van der Waals surface area contributed by atoms with E-state index in [2.05, 4.69) is 57.0 Å². The highest BCUT2D eigenvalue weighted by Crippen LogP contribution is 2.43. The zero-order chi connectivity index (χ0) is 23.9. The van der Waals surface area contributed by atoms with Crippen LogP contribution in [-0.2, 0) is 16.0 Å². The molecule has 2 aliphatic rings. The van der Waals surface area contributed by atoms with Gasteiger partial charge in [0, 0.05) is 17.8 Å². The van der Waals surface area contributed by atoms with Gasteiger partial charge in [-0.05, 0) is 98.8 Å². The third-order valence-electron chi connectivity index (χ3n) is 6.74. The van der Waals surface area contributed by atoms with Crippen LogP contribution in [0.4, 0.5) is 11.4 Å². The fourth-order valence-corrected chi connectivity index (χ4v) is 5.42. The first-order chi connectivity index (χ1) is 15.7. The second-order valence-electron chi connectivity index (χ2n) is 9.46. The van der Waals surface area contributed by atoms with Crippen molar-refractivity contribution < 1.29 is 9.59 Å². The molecule has 0 spiro atoms. The normalized spacial score (nSPS) is 21.3. The van der Waals surface area contributed by atoms with Crippen molar-refractivity contribution in [3.63, 3.8) is 0 Å². The Morgan fingerprint density at radius 1 is 1.12 bits per heavy atom. The summed E-state index contributed by atoms with van der Waals surface area (Å²) in [5, 5.41) is 2.78. The Morgan fingerprint density at radius 3 is 2.45 bits per heavy atom. The standard InChI is InChI=1S/C27H31N3O2S/c1-6-18-8-11-20(12-9-18)30-25(32)22(24(31)28-26(30)33)15-19-10-13-23-21(14-19)17(3)16-27(4,5)29(23)7-2/h8-15,17H,6-7,16H2,1-5H3,(H,28,31,33)/b22-15+/t17-/m1/s1. The largest absolute Gasteiger partial charge is 0.366 e. The molecule has 0 bridgehead atoms. The molecule has 1 atom stereocenters. The summed E-state index contributed by atoms with van der Waals surface area (Å²) in [6.45, 7) is 12.0. The van der Waals surface area contributed by atoms with E-state index >= 15 is 0 Å². The molecule has 2 amide bonds. The summed E-state index contributed by atoms with van der Waals surface area (Å²) in [5.74, 6) is -0.489. The highest BCUT2D eigenvalue weighted by Gasteiger charge is 2.36. The van der Waals surface area contributed by atoms with Crippen LogP contribution in [0, 0.1) is 0 Å². The molecule has 1 N–H and O–H groups in total. The van der Waals surface area contributed by atoms with Crippen molar-refractivity contribution in [2.75, 3.05) is 16.3 Å². The molecule has 5 nitrogen and oxygen atoms in total. The van der Waals surface area contributed by atoms with Crippen LogP contribution in [0.5, 0.6) is 0 Å². The highest BCUT2D eigenvalue weighted by atomic mass is 32.1. The van der Waals surface area contributed by atoms with Crippen LogP contribution in [0.15, 0.2) is 48.0 Å². The lowest BCUT2D eigenvalue weighted by Crippen LogP contribution is -2.54. The zero-order valence-corrected chi connectivity index (χ0v) is 20.8. The molecule has 1 fully saturated rings. The second kappa shape index (κ2) is 8.75. The van der Waals surface area contributed by atoms with Crippen molar-refractivity contribution in [1.29, 1.82) is 0 Å². The van der Waals surface area contributed by atoms with Crippen molar-refractivity contribution in [3.05, 3.63) is 64.7 Å². The van der Waals surface area contributed by atoms with Crippen LogP contribution < -0.4 is 15.1 Å². The molecule has 4 rings (SSSR count). The number of nitrogens with zero attached hydrogens (tertiary/aromatic N) is 2. The van der Waals surface area contributed by atoms with E-state index in [1.54, 1.807) is 6.08 Å². The average Bonchev–Trinajstić information content (AvgIpc) is 2.77. The van der Waals surface area contributed by atoms with Crippen LogP contribution in [0.2, 0.25) is 0 Å². The smallest absolute Gasteiger partial charge is 0.270 e. The van der Waals surface area contributed by atoms with E-state index < -0.39 is 11.8 Å². The number of carbonyl (C=O) groups excluding carboxylic acids is 2. The van der Waals surface area contributed by atoms with Gasteiger partial charge in [0.1, 0.15) is 5.57 Å². The summed E-state index contributed by atoms with van der Waals surface area (Å²) in [7, 11) is 0. The lowest BCUT2D eigenvalue weighted by molar-refractivity contribution is -0.122. The fourth-order valence-electron chi connectivity index (χ4n) is 5.14. The Bertz CT molecular complexity index is 1150. The van der Waals surface area contributed by atoms with E-state index in [1.807, 2.05) is 30.3 Å². The van der Waals surface area contributed by atoms with Gasteiger partial charge in [-0.15, -0.1) is 0 Å². The number of amides is 2. The molecule has 33 heavy (non-hydrogen) atoms. The topological polar surface area (TPSA) is 52.7 Å². The first-order valence-electron chi connectivity index (χ1n) is 11.6. The van der Waals surface area contributed by atoms with Crippen LogP contribution in [0.25, 0.3) is 6.08 Å². The highest BCUT2D eigenvalue weighted by molar-refractivity contribution is 7.80. The van der Waals surface area contributed by atoms with E-state index in [4.69, 9.17) is 12.2 Å². The summed E-state index contributed by atoms with van der Waals surface area (Å²) in [5.41, 5.74) is 5.29. The third kappa shape index (κ3) is 4.20. The fraction of sp³-hybridized carbons (Fsp3) is 0.370. The number of hydrogen-bond donors (Lipinski definition) is 1. The minimum atomic E-state index is -0.464. The molecule has 2 aromatic rings. The van der Waals surface area contributed by atoms with E-state index in [0.29, 0.717) is 11.6 Å². The summed E-state index contributed by atoms with van der Waals surface area (Å²) >= 11 is 5.33. The summed E-state index contributed by atoms with van der Waals surface area (Å²) in [4.78, 5) is 29.9. The first-order valence-corrected chi connectivity index (χ1v) is 12.0. The molecular weight excluding hydrogens is 430 g/mol. The van der Waals surface area contributed by atoms with Crippen LogP contribution in [0.1, 0.15) is 63.6 Å². The number of anilines is 2. The zero-order valence-electron chi connectivity index (χ0n) is 19.9. The van der Waals surface area contributed by atoms with Crippen molar-refractivity contribution in [1.82, 2.24) is 5.32 Å². The summed E-state index contributed by atoms with van der Waals surface area (Å²) in [6, 6.07) is 13.9. The van der Waals surface area contributed by atoms with Crippen molar-refractivity contribution in [3.8, 4) is 0 Å². The number of hydrogen-bond acceptors (Lipinski definition) is 4. The molecule has 2 aliphatic heterocycles. The average molecular weight is 462 g/mol. The molecule has 172 valence electrons. The maximum Gasteiger partial charge on any atom is 0.270 e. The van der Waals surface area contributed by atoms with E-state index in [0.717, 1.165) is 24.9 Å². The molecule has 6 heteroatoms. The first kappa shape index (κ1) is 23.2. The van der Waals surface area contributed by atoms with Crippen LogP contribution in [-0.4, -0.2) is 29.0 Å². The molecule has 0 unspecified atom stereocenters. The Balaban J connectivity index is 1.70. The molecule has 0 saturated carbocycles. The van der Waals surface area contributed by atoms with Crippen molar-refractivity contribution in [2.24, 2.45) is 0 Å². The van der Waals surface area contributed by atoms with Crippen LogP contribution >= 0.6 is 12.2 Å². The number of nitrogens with one attached hydrogen (secondary N) is 1. The number of thiocarbonyl (C=S) groups is 1. The Kier molecular flexibility index (Phi) is 6.14. The predicted molar refractivity (Wildman–Crippen MR) is 139 cm³/mol. The van der Waals surface area contributed by atoms with Crippen LogP contribution in [0.3, 0.4) is 0 Å². The van der Waals surface area contributed by atoms with E-state index in [9.17, 15) is 9.59 Å². The van der Waals surface area contributed by atoms with Gasteiger partial charge in [0.15, 0.2) is 5.11 Å². The molecular formula is C27H31N3O2S. The van der Waals surface area contributed by atoms with Crippen molar-refractivity contribution >= 4 is 46.6 Å². The Labute approximate surface area is 201 Å². The third-order valence-corrected chi connectivity index (χ3v) is 7.03.